The van der Waals surface area contributed by atoms with Gasteiger partial charge in [-0.1, -0.05) is 36.6 Å². The molecule has 2 saturated carbocycles. The lowest BCUT2D eigenvalue weighted by Crippen LogP contribution is -2.43. The van der Waals surface area contributed by atoms with Crippen molar-refractivity contribution < 1.29 is 4.79 Å². The predicted octanol–water partition coefficient (Wildman–Crippen LogP) is 4.44. The Bertz CT molecular complexity index is 484. The van der Waals surface area contributed by atoms with E-state index in [0.717, 1.165) is 18.8 Å². The maximum absolute atomic E-state index is 12.8. The highest BCUT2D eigenvalue weighted by Gasteiger charge is 2.52. The average Bonchev–Trinajstić information content (AvgIpc) is 2.79. The molecule has 0 spiro atoms. The minimum atomic E-state index is 0.275. The fourth-order valence-electron chi connectivity index (χ4n) is 5.46. The van der Waals surface area contributed by atoms with Crippen LogP contribution in [-0.4, -0.2) is 5.78 Å². The van der Waals surface area contributed by atoms with Gasteiger partial charge in [0.1, 0.15) is 5.78 Å². The van der Waals surface area contributed by atoms with Gasteiger partial charge >= 0.3 is 0 Å². The van der Waals surface area contributed by atoms with Crippen LogP contribution in [0.15, 0.2) is 23.3 Å². The minimum Gasteiger partial charge on any atom is -0.299 e. The monoisotopic (exact) mass is 256 g/mol. The molecule has 0 aliphatic heterocycles. The number of carbonyl (C=O) groups is 1. The molecule has 4 atom stereocenters. The second-order valence-corrected chi connectivity index (χ2v) is 7.44. The van der Waals surface area contributed by atoms with Crippen LogP contribution >= 0.6 is 0 Å². The molecule has 0 saturated heterocycles. The highest BCUT2D eigenvalue weighted by Crippen LogP contribution is 2.58. The molecule has 0 N–H and O–H groups in total. The number of fused-ring (bicyclic) bond motifs is 5. The fraction of sp³-hybridized carbons (Fsp3) is 0.722. The molecular weight excluding hydrogens is 232 g/mol. The molecule has 4 rings (SSSR count). The van der Waals surface area contributed by atoms with Gasteiger partial charge in [0.2, 0.25) is 0 Å². The van der Waals surface area contributed by atoms with Crippen LogP contribution in [0.1, 0.15) is 58.3 Å². The zero-order valence-electron chi connectivity index (χ0n) is 12.0. The lowest BCUT2D eigenvalue weighted by molar-refractivity contribution is -0.128. The lowest BCUT2D eigenvalue weighted by atomic mass is 9.56. The predicted molar refractivity (Wildman–Crippen MR) is 76.7 cm³/mol. The molecule has 4 aliphatic rings. The van der Waals surface area contributed by atoms with Crippen LogP contribution in [-0.2, 0) is 4.79 Å². The first-order valence-corrected chi connectivity index (χ1v) is 8.11. The van der Waals surface area contributed by atoms with Crippen LogP contribution < -0.4 is 0 Å². The molecule has 2 fully saturated rings. The van der Waals surface area contributed by atoms with Gasteiger partial charge < -0.3 is 0 Å². The molecule has 1 heteroatoms. The number of hydrogen-bond acceptors (Lipinski definition) is 1. The zero-order chi connectivity index (χ0) is 13.0. The molecule has 0 heterocycles. The highest BCUT2D eigenvalue weighted by molar-refractivity contribution is 5.87. The Morgan fingerprint density at radius 2 is 2.11 bits per heavy atom. The van der Waals surface area contributed by atoms with Gasteiger partial charge in [-0.25, -0.2) is 0 Å². The number of rotatable bonds is 0. The minimum absolute atomic E-state index is 0.275. The number of allylic oxidation sites excluding steroid dienone is 4. The Balaban J connectivity index is 1.77. The Labute approximate surface area is 116 Å². The molecular formula is C18H24O. The van der Waals surface area contributed by atoms with Crippen molar-refractivity contribution in [2.45, 2.75) is 58.3 Å². The number of ketones is 1. The molecule has 0 amide bonds. The van der Waals surface area contributed by atoms with Crippen LogP contribution in [0.4, 0.5) is 0 Å². The lowest BCUT2D eigenvalue weighted by Gasteiger charge is -2.47. The summed E-state index contributed by atoms with van der Waals surface area (Å²) in [5, 5.41) is 0. The molecule has 0 aromatic carbocycles. The van der Waals surface area contributed by atoms with Crippen molar-refractivity contribution >= 4 is 5.78 Å². The van der Waals surface area contributed by atoms with Crippen molar-refractivity contribution in [2.75, 3.05) is 0 Å². The molecule has 0 unspecified atom stereocenters. The Hall–Kier alpha value is -0.850. The smallest absolute Gasteiger partial charge is 0.141 e. The van der Waals surface area contributed by atoms with E-state index in [1.54, 1.807) is 11.1 Å². The van der Waals surface area contributed by atoms with Gasteiger partial charge in [0.05, 0.1) is 0 Å². The number of Topliss-reactive ketones (excluding diaryl/α,β-unsaturated/α-hetero) is 1. The van der Waals surface area contributed by atoms with Crippen LogP contribution in [0.25, 0.3) is 0 Å². The van der Waals surface area contributed by atoms with E-state index < -0.39 is 0 Å². The topological polar surface area (TPSA) is 17.1 Å². The van der Waals surface area contributed by atoms with Crippen molar-refractivity contribution in [3.05, 3.63) is 23.3 Å². The SMILES string of the molecule is C[C@@]12CCC[C@H]1C1=CCC3=CCCC[C@@H]3[C@H]1C(=O)C2. The third-order valence-electron chi connectivity index (χ3n) is 6.35. The largest absolute Gasteiger partial charge is 0.299 e. The van der Waals surface area contributed by atoms with E-state index >= 15 is 0 Å². The first kappa shape index (κ1) is 11.9. The molecule has 0 aromatic heterocycles. The summed E-state index contributed by atoms with van der Waals surface area (Å²) in [6.07, 6.45) is 14.6. The van der Waals surface area contributed by atoms with Gasteiger partial charge in [-0.05, 0) is 55.8 Å². The van der Waals surface area contributed by atoms with Crippen molar-refractivity contribution in [1.82, 2.24) is 0 Å². The van der Waals surface area contributed by atoms with Crippen molar-refractivity contribution in [3.8, 4) is 0 Å². The summed E-state index contributed by atoms with van der Waals surface area (Å²) in [6.45, 7) is 2.37. The Morgan fingerprint density at radius 3 is 3.00 bits per heavy atom. The van der Waals surface area contributed by atoms with E-state index in [9.17, 15) is 4.79 Å². The number of carbonyl (C=O) groups excluding carboxylic acids is 1. The maximum atomic E-state index is 12.8. The first-order chi connectivity index (χ1) is 9.19. The van der Waals surface area contributed by atoms with Crippen molar-refractivity contribution in [3.63, 3.8) is 0 Å². The molecule has 0 radical (unpaired) electrons. The zero-order valence-corrected chi connectivity index (χ0v) is 12.0. The van der Waals surface area contributed by atoms with E-state index in [1.165, 1.54) is 38.5 Å². The van der Waals surface area contributed by atoms with E-state index in [4.69, 9.17) is 0 Å². The molecule has 0 bridgehead atoms. The molecule has 1 nitrogen and oxygen atoms in total. The molecule has 4 aliphatic carbocycles. The molecule has 19 heavy (non-hydrogen) atoms. The third kappa shape index (κ3) is 1.63. The van der Waals surface area contributed by atoms with E-state index in [-0.39, 0.29) is 5.92 Å². The standard InChI is InChI=1S/C18H24O/c1-18-10-4-7-15(18)14-9-8-12-5-2-3-6-13(12)17(14)16(19)11-18/h5,9,13,15,17H,2-4,6-8,10-11H2,1H3/t13-,15-,17+,18-/m0/s1. The summed E-state index contributed by atoms with van der Waals surface area (Å²) in [4.78, 5) is 12.8. The molecule has 0 aromatic rings. The third-order valence-corrected chi connectivity index (χ3v) is 6.35. The first-order valence-electron chi connectivity index (χ1n) is 8.11. The van der Waals surface area contributed by atoms with E-state index in [0.29, 0.717) is 17.1 Å². The fourth-order valence-corrected chi connectivity index (χ4v) is 5.46. The second kappa shape index (κ2) is 4.07. The Kier molecular flexibility index (Phi) is 2.56. The average molecular weight is 256 g/mol. The van der Waals surface area contributed by atoms with Gasteiger partial charge in [-0.2, -0.15) is 0 Å². The van der Waals surface area contributed by atoms with Crippen molar-refractivity contribution in [1.29, 1.82) is 0 Å². The second-order valence-electron chi connectivity index (χ2n) is 7.44. The molecule has 102 valence electrons. The number of hydrogen-bond donors (Lipinski definition) is 0. The summed E-state index contributed by atoms with van der Waals surface area (Å²) in [7, 11) is 0. The van der Waals surface area contributed by atoms with Crippen LogP contribution in [0.5, 0.6) is 0 Å². The maximum Gasteiger partial charge on any atom is 0.141 e. The summed E-state index contributed by atoms with van der Waals surface area (Å²) >= 11 is 0. The Morgan fingerprint density at radius 1 is 1.21 bits per heavy atom. The van der Waals surface area contributed by atoms with Gasteiger partial charge in [0, 0.05) is 12.3 Å². The van der Waals surface area contributed by atoms with Crippen LogP contribution in [0, 0.1) is 23.2 Å². The summed E-state index contributed by atoms with van der Waals surface area (Å²) in [5.74, 6) is 2.13. The van der Waals surface area contributed by atoms with Gasteiger partial charge in [0.25, 0.3) is 0 Å². The van der Waals surface area contributed by atoms with Crippen LogP contribution in [0.2, 0.25) is 0 Å². The van der Waals surface area contributed by atoms with Crippen LogP contribution in [0.3, 0.4) is 0 Å². The van der Waals surface area contributed by atoms with Gasteiger partial charge in [-0.15, -0.1) is 0 Å². The summed E-state index contributed by atoms with van der Waals surface area (Å²) in [5.41, 5.74) is 3.44. The van der Waals surface area contributed by atoms with E-state index in [2.05, 4.69) is 19.1 Å². The van der Waals surface area contributed by atoms with E-state index in [1.807, 2.05) is 0 Å². The summed E-state index contributed by atoms with van der Waals surface area (Å²) in [6, 6.07) is 0. The normalized spacial score (nSPS) is 44.9. The quantitative estimate of drug-likeness (QED) is 0.586. The van der Waals surface area contributed by atoms with Gasteiger partial charge in [0.15, 0.2) is 0 Å². The van der Waals surface area contributed by atoms with Crippen molar-refractivity contribution in [2.24, 2.45) is 23.2 Å². The summed E-state index contributed by atoms with van der Waals surface area (Å²) < 4.78 is 0. The highest BCUT2D eigenvalue weighted by atomic mass is 16.1. The van der Waals surface area contributed by atoms with Gasteiger partial charge in [-0.3, -0.25) is 4.79 Å².